The third-order valence-corrected chi connectivity index (χ3v) is 5.08. The monoisotopic (exact) mass is 337 g/mol. The second-order valence-corrected chi connectivity index (χ2v) is 6.52. The first-order valence-electron chi connectivity index (χ1n) is 8.71. The minimum absolute atomic E-state index is 0.132. The standard InChI is InChI=1S/C20H23N3O2/c1-4-25-19-16(14-8-6-5-7-9-14)22-17-15(18(19)24)10-11-23-13(3)12(2)21-20(17)23/h5-11,16,18-19,22,24H,4H2,1-3H3/t16-,18-,19-/m1/s1. The van der Waals surface area contributed by atoms with Crippen LogP contribution < -0.4 is 5.32 Å². The fraction of sp³-hybridized carbons (Fsp3) is 0.350. The zero-order valence-electron chi connectivity index (χ0n) is 14.7. The highest BCUT2D eigenvalue weighted by atomic mass is 16.5. The Bertz CT molecular complexity index is 904. The molecule has 0 bridgehead atoms. The van der Waals surface area contributed by atoms with Gasteiger partial charge >= 0.3 is 0 Å². The average molecular weight is 337 g/mol. The van der Waals surface area contributed by atoms with Gasteiger partial charge in [-0.3, -0.25) is 0 Å². The lowest BCUT2D eigenvalue weighted by Gasteiger charge is -2.38. The molecule has 3 atom stereocenters. The minimum atomic E-state index is -0.705. The number of anilines is 1. The molecule has 0 saturated heterocycles. The SMILES string of the molecule is CCO[C@H]1[C@H](O)c2ccn3c(C)c(C)nc3c2N[C@@H]1c1ccccc1. The number of imidazole rings is 1. The fourth-order valence-corrected chi connectivity index (χ4v) is 3.66. The Morgan fingerprint density at radius 2 is 1.96 bits per heavy atom. The number of rotatable bonds is 3. The molecule has 0 fully saturated rings. The van der Waals surface area contributed by atoms with Crippen LogP contribution in [0, 0.1) is 13.8 Å². The summed E-state index contributed by atoms with van der Waals surface area (Å²) in [5.74, 6) is 0. The van der Waals surface area contributed by atoms with Crippen molar-refractivity contribution in [3.05, 3.63) is 65.1 Å². The van der Waals surface area contributed by atoms with Crippen LogP contribution in [0.4, 0.5) is 5.69 Å². The van der Waals surface area contributed by atoms with Gasteiger partial charge in [0.1, 0.15) is 12.2 Å². The summed E-state index contributed by atoms with van der Waals surface area (Å²) in [5, 5.41) is 14.6. The highest BCUT2D eigenvalue weighted by Gasteiger charge is 2.38. The van der Waals surface area contributed by atoms with Gasteiger partial charge in [0.2, 0.25) is 0 Å². The summed E-state index contributed by atoms with van der Waals surface area (Å²) in [6.07, 6.45) is 0.920. The zero-order chi connectivity index (χ0) is 17.6. The molecule has 0 spiro atoms. The van der Waals surface area contributed by atoms with Crippen LogP contribution in [0.1, 0.15) is 41.6 Å². The van der Waals surface area contributed by atoms with Crippen LogP contribution in [0.2, 0.25) is 0 Å². The van der Waals surface area contributed by atoms with Gasteiger partial charge in [0.15, 0.2) is 5.65 Å². The van der Waals surface area contributed by atoms with E-state index < -0.39 is 6.10 Å². The number of nitrogens with zero attached hydrogens (tertiary/aromatic N) is 2. The van der Waals surface area contributed by atoms with Crippen molar-refractivity contribution < 1.29 is 9.84 Å². The van der Waals surface area contributed by atoms with Crippen molar-refractivity contribution in [1.29, 1.82) is 0 Å². The Labute approximate surface area is 147 Å². The van der Waals surface area contributed by atoms with Crippen LogP contribution >= 0.6 is 0 Å². The van der Waals surface area contributed by atoms with E-state index in [0.717, 1.165) is 33.8 Å². The molecule has 1 aromatic carbocycles. The van der Waals surface area contributed by atoms with Crippen molar-refractivity contribution in [2.24, 2.45) is 0 Å². The number of hydrogen-bond donors (Lipinski definition) is 2. The van der Waals surface area contributed by atoms with Gasteiger partial charge < -0.3 is 19.6 Å². The van der Waals surface area contributed by atoms with Crippen LogP contribution in [-0.4, -0.2) is 27.2 Å². The normalized spacial score (nSPS) is 22.6. The van der Waals surface area contributed by atoms with Crippen molar-refractivity contribution >= 4 is 11.3 Å². The molecule has 0 radical (unpaired) electrons. The van der Waals surface area contributed by atoms with Gasteiger partial charge in [0.05, 0.1) is 17.4 Å². The summed E-state index contributed by atoms with van der Waals surface area (Å²) in [6, 6.07) is 12.0. The fourth-order valence-electron chi connectivity index (χ4n) is 3.66. The Hall–Kier alpha value is -2.37. The molecule has 0 aliphatic carbocycles. The van der Waals surface area contributed by atoms with Crippen LogP contribution in [0.3, 0.4) is 0 Å². The van der Waals surface area contributed by atoms with E-state index in [9.17, 15) is 5.11 Å². The molecule has 1 aliphatic rings. The van der Waals surface area contributed by atoms with E-state index in [0.29, 0.717) is 6.61 Å². The van der Waals surface area contributed by atoms with Gasteiger partial charge in [-0.25, -0.2) is 4.98 Å². The number of hydrogen-bond acceptors (Lipinski definition) is 4. The lowest BCUT2D eigenvalue weighted by atomic mass is 9.89. The third kappa shape index (κ3) is 2.51. The van der Waals surface area contributed by atoms with Gasteiger partial charge in [-0.1, -0.05) is 30.3 Å². The summed E-state index contributed by atoms with van der Waals surface area (Å²) >= 11 is 0. The Kier molecular flexibility index (Phi) is 3.98. The van der Waals surface area contributed by atoms with Gasteiger partial charge in [0.25, 0.3) is 0 Å². The predicted molar refractivity (Wildman–Crippen MR) is 97.8 cm³/mol. The Morgan fingerprint density at radius 1 is 1.20 bits per heavy atom. The largest absolute Gasteiger partial charge is 0.386 e. The van der Waals surface area contributed by atoms with E-state index >= 15 is 0 Å². The molecular formula is C20H23N3O2. The summed E-state index contributed by atoms with van der Waals surface area (Å²) < 4.78 is 7.99. The molecule has 4 rings (SSSR count). The van der Waals surface area contributed by atoms with E-state index in [1.54, 1.807) is 0 Å². The summed E-state index contributed by atoms with van der Waals surface area (Å²) in [5.41, 5.74) is 5.76. The van der Waals surface area contributed by atoms with Crippen LogP contribution in [-0.2, 0) is 4.74 Å². The highest BCUT2D eigenvalue weighted by Crippen LogP contribution is 2.42. The zero-order valence-corrected chi connectivity index (χ0v) is 14.7. The molecule has 2 N–H and O–H groups in total. The summed E-state index contributed by atoms with van der Waals surface area (Å²) in [4.78, 5) is 4.71. The number of ether oxygens (including phenoxy) is 1. The van der Waals surface area contributed by atoms with Gasteiger partial charge in [-0.2, -0.15) is 0 Å². The number of aliphatic hydroxyl groups is 1. The van der Waals surface area contributed by atoms with Gasteiger partial charge in [-0.15, -0.1) is 0 Å². The van der Waals surface area contributed by atoms with Crippen molar-refractivity contribution in [3.63, 3.8) is 0 Å². The maximum Gasteiger partial charge on any atom is 0.161 e. The second kappa shape index (κ2) is 6.17. The molecule has 0 unspecified atom stereocenters. The van der Waals surface area contributed by atoms with E-state index in [1.807, 2.05) is 44.3 Å². The molecule has 5 nitrogen and oxygen atoms in total. The van der Waals surface area contributed by atoms with E-state index in [2.05, 4.69) is 28.8 Å². The lowest BCUT2D eigenvalue weighted by Crippen LogP contribution is -2.38. The molecule has 1 aliphatic heterocycles. The quantitative estimate of drug-likeness (QED) is 0.767. The van der Waals surface area contributed by atoms with Crippen LogP contribution in [0.5, 0.6) is 0 Å². The smallest absolute Gasteiger partial charge is 0.161 e. The molecule has 3 aromatic rings. The maximum atomic E-state index is 11.0. The van der Waals surface area contributed by atoms with Crippen molar-refractivity contribution in [2.45, 2.75) is 39.0 Å². The van der Waals surface area contributed by atoms with E-state index in [-0.39, 0.29) is 12.1 Å². The van der Waals surface area contributed by atoms with E-state index in [4.69, 9.17) is 9.72 Å². The topological polar surface area (TPSA) is 58.8 Å². The van der Waals surface area contributed by atoms with Crippen molar-refractivity contribution in [3.8, 4) is 0 Å². The second-order valence-electron chi connectivity index (χ2n) is 6.52. The number of nitrogens with one attached hydrogen (secondary N) is 1. The Balaban J connectivity index is 1.89. The third-order valence-electron chi connectivity index (χ3n) is 5.08. The molecular weight excluding hydrogens is 314 g/mol. The first-order valence-corrected chi connectivity index (χ1v) is 8.71. The summed E-state index contributed by atoms with van der Waals surface area (Å²) in [7, 11) is 0. The number of pyridine rings is 1. The van der Waals surface area contributed by atoms with Crippen molar-refractivity contribution in [2.75, 3.05) is 11.9 Å². The highest BCUT2D eigenvalue weighted by molar-refractivity contribution is 5.75. The lowest BCUT2D eigenvalue weighted by molar-refractivity contribution is -0.0480. The molecule has 2 aromatic heterocycles. The Morgan fingerprint density at radius 3 is 2.68 bits per heavy atom. The van der Waals surface area contributed by atoms with E-state index in [1.165, 1.54) is 0 Å². The number of aliphatic hydroxyl groups excluding tert-OH is 1. The number of aryl methyl sites for hydroxylation is 2. The first kappa shape index (κ1) is 16.1. The minimum Gasteiger partial charge on any atom is -0.386 e. The van der Waals surface area contributed by atoms with Crippen LogP contribution in [0.15, 0.2) is 42.6 Å². The molecule has 0 amide bonds. The first-order chi connectivity index (χ1) is 12.1. The number of benzene rings is 1. The summed E-state index contributed by atoms with van der Waals surface area (Å²) in [6.45, 7) is 6.56. The molecule has 25 heavy (non-hydrogen) atoms. The number of fused-ring (bicyclic) bond motifs is 3. The molecule has 0 saturated carbocycles. The molecule has 3 heterocycles. The molecule has 130 valence electrons. The maximum absolute atomic E-state index is 11.0. The van der Waals surface area contributed by atoms with Gasteiger partial charge in [0, 0.05) is 24.1 Å². The van der Waals surface area contributed by atoms with Gasteiger partial charge in [-0.05, 0) is 32.4 Å². The number of aromatic nitrogens is 2. The van der Waals surface area contributed by atoms with Crippen molar-refractivity contribution in [1.82, 2.24) is 9.38 Å². The average Bonchev–Trinajstić information content (AvgIpc) is 2.93. The van der Waals surface area contributed by atoms with Crippen LogP contribution in [0.25, 0.3) is 5.65 Å². The predicted octanol–water partition coefficient (Wildman–Crippen LogP) is 3.56. The molecule has 5 heteroatoms.